The molecule has 0 radical (unpaired) electrons. The molecule has 2 heterocycles. The Hall–Kier alpha value is -1.93. The molecule has 1 aliphatic rings. The molecule has 0 amide bonds. The number of nitrogens with zero attached hydrogens (tertiary/aromatic N) is 2. The number of halogens is 1. The molecule has 0 spiro atoms. The van der Waals surface area contributed by atoms with Crippen molar-refractivity contribution in [1.82, 2.24) is 0 Å². The number of aromatic nitrogens is 1. The molecule has 1 N–H and O–H groups in total. The topological polar surface area (TPSA) is 119 Å². The molecule has 1 aliphatic heterocycles. The highest BCUT2D eigenvalue weighted by atomic mass is 35.5. The van der Waals surface area contributed by atoms with Gasteiger partial charge in [-0.2, -0.15) is 13.0 Å². The van der Waals surface area contributed by atoms with E-state index in [0.29, 0.717) is 24.5 Å². The zero-order chi connectivity index (χ0) is 27.5. The van der Waals surface area contributed by atoms with E-state index in [1.165, 1.54) is 0 Å². The molecule has 38 heavy (non-hydrogen) atoms. The Bertz CT molecular complexity index is 1610. The summed E-state index contributed by atoms with van der Waals surface area (Å²) in [4.78, 5) is 3.01. The van der Waals surface area contributed by atoms with Crippen LogP contribution in [0.4, 0.5) is 5.69 Å². The number of thioether (sulfide) groups is 1. The fourth-order valence-electron chi connectivity index (χ4n) is 4.17. The van der Waals surface area contributed by atoms with Gasteiger partial charge in [0.1, 0.15) is 4.70 Å². The van der Waals surface area contributed by atoms with Crippen molar-refractivity contribution < 1.29 is 30.5 Å². The molecule has 8 nitrogen and oxygen atoms in total. The van der Waals surface area contributed by atoms with E-state index in [4.69, 9.17) is 11.6 Å². The number of thiazole rings is 1. The fraction of sp³-hybridized carbons (Fsp3) is 0.320. The first-order valence-corrected chi connectivity index (χ1v) is 17.1. The van der Waals surface area contributed by atoms with E-state index >= 15 is 0 Å². The maximum atomic E-state index is 11.3. The van der Waals surface area contributed by atoms with Crippen LogP contribution in [0.3, 0.4) is 0 Å². The van der Waals surface area contributed by atoms with Crippen LogP contribution in [0.2, 0.25) is 5.02 Å². The highest BCUT2D eigenvalue weighted by molar-refractivity contribution is 8.03. The normalized spacial score (nSPS) is 15.5. The molecule has 0 saturated heterocycles. The summed E-state index contributed by atoms with van der Waals surface area (Å²) in [5, 5.41) is 2.42. The van der Waals surface area contributed by atoms with Crippen molar-refractivity contribution in [3.8, 4) is 0 Å². The molecule has 0 saturated carbocycles. The van der Waals surface area contributed by atoms with E-state index in [0.717, 1.165) is 36.4 Å². The lowest BCUT2D eigenvalue weighted by molar-refractivity contribution is -0.668. The van der Waals surface area contributed by atoms with Crippen molar-refractivity contribution in [2.45, 2.75) is 37.6 Å². The van der Waals surface area contributed by atoms with Crippen LogP contribution in [0.25, 0.3) is 16.3 Å². The predicted molar refractivity (Wildman–Crippen MR) is 153 cm³/mol. The van der Waals surface area contributed by atoms with Crippen LogP contribution < -0.4 is 9.47 Å². The van der Waals surface area contributed by atoms with Gasteiger partial charge in [-0.05, 0) is 48.8 Å². The lowest BCUT2D eigenvalue weighted by Gasteiger charge is -2.20. The minimum atomic E-state index is -4.30. The molecule has 204 valence electrons. The van der Waals surface area contributed by atoms with E-state index in [-0.39, 0.29) is 18.6 Å². The zero-order valence-corrected chi connectivity index (χ0v) is 24.6. The second kappa shape index (κ2) is 12.1. The van der Waals surface area contributed by atoms with E-state index in [2.05, 4.69) is 12.2 Å². The Morgan fingerprint density at radius 2 is 1.89 bits per heavy atom. The van der Waals surface area contributed by atoms with Crippen molar-refractivity contribution in [2.24, 2.45) is 0 Å². The van der Waals surface area contributed by atoms with Crippen molar-refractivity contribution in [3.63, 3.8) is 0 Å². The van der Waals surface area contributed by atoms with E-state index in [1.807, 2.05) is 58.9 Å². The molecule has 0 bridgehead atoms. The molecular formula is C25H27ClN2O6S4. The van der Waals surface area contributed by atoms with Crippen molar-refractivity contribution >= 4 is 76.9 Å². The van der Waals surface area contributed by atoms with Gasteiger partial charge in [-0.1, -0.05) is 53.8 Å². The minimum absolute atomic E-state index is 0.216. The quantitative estimate of drug-likeness (QED) is 0.228. The second-order valence-corrected chi connectivity index (χ2v) is 14.4. The molecule has 0 aliphatic carbocycles. The van der Waals surface area contributed by atoms with Crippen molar-refractivity contribution in [2.75, 3.05) is 23.0 Å². The first kappa shape index (κ1) is 29.1. The third kappa shape index (κ3) is 7.59. The summed E-state index contributed by atoms with van der Waals surface area (Å²) in [5.41, 5.74) is 2.87. The van der Waals surface area contributed by atoms with Gasteiger partial charge >= 0.3 is 0 Å². The highest BCUT2D eigenvalue weighted by Crippen LogP contribution is 2.47. The molecule has 3 aromatic rings. The van der Waals surface area contributed by atoms with Gasteiger partial charge in [-0.15, -0.1) is 0 Å². The van der Waals surface area contributed by atoms with Crippen LogP contribution in [0.15, 0.2) is 64.0 Å². The van der Waals surface area contributed by atoms with Gasteiger partial charge in [0.25, 0.3) is 15.1 Å². The Kier molecular flexibility index (Phi) is 9.23. The third-order valence-corrected chi connectivity index (χ3v) is 9.97. The number of benzene rings is 2. The maximum Gasteiger partial charge on any atom is 0.264 e. The number of rotatable bonds is 11. The summed E-state index contributed by atoms with van der Waals surface area (Å²) >= 11 is 9.40. The summed E-state index contributed by atoms with van der Waals surface area (Å²) in [6.07, 6.45) is 5.29. The summed E-state index contributed by atoms with van der Waals surface area (Å²) < 4.78 is 68.3. The molecule has 1 aromatic heterocycles. The Morgan fingerprint density at radius 1 is 1.13 bits per heavy atom. The van der Waals surface area contributed by atoms with Gasteiger partial charge in [-0.3, -0.25) is 4.55 Å². The summed E-state index contributed by atoms with van der Waals surface area (Å²) in [6, 6.07) is 13.4. The highest BCUT2D eigenvalue weighted by Gasteiger charge is 2.26. The first-order chi connectivity index (χ1) is 17.9. The standard InChI is InChI=1S/C25H27ClN2O6S4/c1-2-18(15-24-27(11-5-13-37(29,30)31)20-7-3-4-8-22(20)35-24)16-25-28(12-6-14-38(32,33)34)21-17-19(26)9-10-23(21)36-25/h3-4,7-10,15-17H,2,5-6,11-14H2,1H3,(H-,29,30,31,32,33,34). The van der Waals surface area contributed by atoms with Crippen molar-refractivity contribution in [1.29, 1.82) is 0 Å². The number of para-hydroxylation sites is 1. The monoisotopic (exact) mass is 614 g/mol. The van der Waals surface area contributed by atoms with Crippen molar-refractivity contribution in [3.05, 3.63) is 69.2 Å². The smallest absolute Gasteiger partial charge is 0.264 e. The van der Waals surface area contributed by atoms with Gasteiger partial charge in [-0.25, -0.2) is 8.42 Å². The van der Waals surface area contributed by atoms with E-state index < -0.39 is 26.0 Å². The van der Waals surface area contributed by atoms with Crippen LogP contribution >= 0.6 is 34.7 Å². The largest absolute Gasteiger partial charge is 0.748 e. The Morgan fingerprint density at radius 3 is 2.61 bits per heavy atom. The second-order valence-electron chi connectivity index (χ2n) is 8.74. The van der Waals surface area contributed by atoms with Crippen LogP contribution in [0.5, 0.6) is 0 Å². The Balaban J connectivity index is 1.69. The average molecular weight is 615 g/mol. The summed E-state index contributed by atoms with van der Waals surface area (Å²) in [7, 11) is -8.37. The predicted octanol–water partition coefficient (Wildman–Crippen LogP) is 5.30. The van der Waals surface area contributed by atoms with Gasteiger partial charge < -0.3 is 9.45 Å². The van der Waals surface area contributed by atoms with Crippen LogP contribution in [0.1, 0.15) is 31.2 Å². The number of allylic oxidation sites excluding steroid dienone is 2. The maximum absolute atomic E-state index is 11.3. The lowest BCUT2D eigenvalue weighted by atomic mass is 10.2. The number of hydrogen-bond acceptors (Lipinski definition) is 8. The third-order valence-electron chi connectivity index (χ3n) is 5.92. The number of aryl methyl sites for hydroxylation is 1. The summed E-state index contributed by atoms with van der Waals surface area (Å²) in [5.74, 6) is -0.761. The number of fused-ring (bicyclic) bond motifs is 2. The van der Waals surface area contributed by atoms with Crippen LogP contribution in [-0.2, 0) is 26.8 Å². The average Bonchev–Trinajstić information content (AvgIpc) is 3.34. The van der Waals surface area contributed by atoms with Gasteiger partial charge in [0, 0.05) is 40.8 Å². The zero-order valence-electron chi connectivity index (χ0n) is 20.5. The summed E-state index contributed by atoms with van der Waals surface area (Å²) in [6.45, 7) is 2.82. The SMILES string of the molecule is CCC(/C=C1\Sc2ccc(Cl)cc2N1CCCS(=O)(=O)O)=C\c1sc2ccccc2[n+]1CCCS(=O)(=O)[O-]. The molecule has 0 atom stereocenters. The van der Waals surface area contributed by atoms with Crippen LogP contribution in [0, 0.1) is 0 Å². The lowest BCUT2D eigenvalue weighted by Crippen LogP contribution is -2.36. The van der Waals surface area contributed by atoms with Crippen LogP contribution in [-0.4, -0.2) is 44.0 Å². The fourth-order valence-corrected chi connectivity index (χ4v) is 7.62. The van der Waals surface area contributed by atoms with Gasteiger partial charge in [0.05, 0.1) is 26.6 Å². The molecule has 13 heteroatoms. The molecule has 0 unspecified atom stereocenters. The molecule has 2 aromatic carbocycles. The molecule has 0 fully saturated rings. The molecular weight excluding hydrogens is 588 g/mol. The first-order valence-electron chi connectivity index (χ1n) is 11.9. The molecule has 4 rings (SSSR count). The minimum Gasteiger partial charge on any atom is -0.748 e. The number of hydrogen-bond donors (Lipinski definition) is 1. The van der Waals surface area contributed by atoms with E-state index in [1.54, 1.807) is 23.1 Å². The van der Waals surface area contributed by atoms with Gasteiger partial charge in [0.2, 0.25) is 5.52 Å². The van der Waals surface area contributed by atoms with Gasteiger partial charge in [0.15, 0.2) is 6.54 Å². The number of anilines is 1. The van der Waals surface area contributed by atoms with E-state index in [9.17, 15) is 25.9 Å². The Labute approximate surface area is 236 Å².